The van der Waals surface area contributed by atoms with E-state index in [-0.39, 0.29) is 34.4 Å². The molecule has 0 N–H and O–H groups in total. The van der Waals surface area contributed by atoms with Crippen LogP contribution in [0.1, 0.15) is 51.0 Å². The average molecular weight is 481 g/mol. The van der Waals surface area contributed by atoms with Crippen molar-refractivity contribution in [3.05, 3.63) is 51.8 Å². The molecule has 10 heteroatoms. The number of benzene rings is 1. The van der Waals surface area contributed by atoms with Gasteiger partial charge in [-0.25, -0.2) is 13.2 Å². The maximum Gasteiger partial charge on any atom is 0.340 e. The molecule has 2 heterocycles. The third kappa shape index (κ3) is 4.47. The Morgan fingerprint density at radius 3 is 2.47 bits per heavy atom. The quantitative estimate of drug-likeness (QED) is 0.446. The lowest BCUT2D eigenvalue weighted by molar-refractivity contribution is 0.0474. The zero-order valence-corrected chi connectivity index (χ0v) is 19.5. The van der Waals surface area contributed by atoms with Gasteiger partial charge >= 0.3 is 5.97 Å². The molecule has 0 amide bonds. The number of ether oxygens (including phenoxy) is 2. The van der Waals surface area contributed by atoms with Gasteiger partial charge in [-0.15, -0.1) is 0 Å². The smallest absolute Gasteiger partial charge is 0.340 e. The van der Waals surface area contributed by atoms with Gasteiger partial charge in [-0.1, -0.05) is 11.6 Å². The van der Waals surface area contributed by atoms with Crippen molar-refractivity contribution in [1.82, 2.24) is 8.87 Å². The Balaban J connectivity index is 1.48. The molecule has 0 atom stereocenters. The summed E-state index contributed by atoms with van der Waals surface area (Å²) < 4.78 is 39.6. The highest BCUT2D eigenvalue weighted by molar-refractivity contribution is 7.89. The highest BCUT2D eigenvalue weighted by Crippen LogP contribution is 2.38. The Morgan fingerprint density at radius 1 is 1.12 bits per heavy atom. The molecular weight excluding hydrogens is 456 g/mol. The molecule has 0 radical (unpaired) electrons. The van der Waals surface area contributed by atoms with Crippen LogP contribution in [0.2, 0.25) is 5.02 Å². The minimum Gasteiger partial charge on any atom is -0.454 e. The second-order valence-electron chi connectivity index (χ2n) is 8.04. The number of rotatable bonds is 7. The zero-order valence-electron chi connectivity index (χ0n) is 18.0. The summed E-state index contributed by atoms with van der Waals surface area (Å²) in [6.45, 7) is 4.48. The Kier molecular flexibility index (Phi) is 6.44. The SMILES string of the molecule is Cc1cc(C(=O)COC(=O)c2cc(S(=O)(=O)N3CCOCC3)ccc2Cl)c(C)n1C1CC1. The molecule has 32 heavy (non-hydrogen) atoms. The fourth-order valence-corrected chi connectivity index (χ4v) is 5.63. The normalized spacial score (nSPS) is 17.3. The van der Waals surface area contributed by atoms with Crippen LogP contribution in [0.25, 0.3) is 0 Å². The topological polar surface area (TPSA) is 94.9 Å². The van der Waals surface area contributed by atoms with Gasteiger partial charge in [0.25, 0.3) is 0 Å². The number of morpholine rings is 1. The Morgan fingerprint density at radius 2 is 1.81 bits per heavy atom. The van der Waals surface area contributed by atoms with Crippen molar-refractivity contribution in [3.63, 3.8) is 0 Å². The van der Waals surface area contributed by atoms with Crippen LogP contribution in [0.5, 0.6) is 0 Å². The summed E-state index contributed by atoms with van der Waals surface area (Å²) in [5.41, 5.74) is 2.29. The average Bonchev–Trinajstić information content (AvgIpc) is 3.56. The molecule has 2 aliphatic rings. The van der Waals surface area contributed by atoms with Crippen LogP contribution < -0.4 is 0 Å². The van der Waals surface area contributed by atoms with Crippen LogP contribution in [0.15, 0.2) is 29.2 Å². The first-order chi connectivity index (χ1) is 15.2. The minimum atomic E-state index is -3.80. The third-order valence-corrected chi connectivity index (χ3v) is 8.02. The number of carbonyl (C=O) groups is 2. The monoisotopic (exact) mass is 480 g/mol. The molecule has 1 aromatic carbocycles. The summed E-state index contributed by atoms with van der Waals surface area (Å²) in [5, 5.41) is 0.0512. The molecular formula is C22H25ClN2O6S. The fraction of sp³-hybridized carbons (Fsp3) is 0.455. The molecule has 2 aromatic rings. The lowest BCUT2D eigenvalue weighted by Gasteiger charge is -2.26. The first-order valence-corrected chi connectivity index (χ1v) is 12.3. The number of esters is 1. The van der Waals surface area contributed by atoms with Gasteiger partial charge in [0.15, 0.2) is 6.61 Å². The van der Waals surface area contributed by atoms with Gasteiger partial charge in [-0.3, -0.25) is 4.79 Å². The maximum absolute atomic E-state index is 12.9. The lowest BCUT2D eigenvalue weighted by atomic mass is 10.1. The molecule has 4 rings (SSSR count). The summed E-state index contributed by atoms with van der Waals surface area (Å²) in [7, 11) is -3.80. The molecule has 2 fully saturated rings. The van der Waals surface area contributed by atoms with Crippen molar-refractivity contribution in [1.29, 1.82) is 0 Å². The molecule has 1 aromatic heterocycles. The van der Waals surface area contributed by atoms with E-state index in [0.29, 0.717) is 24.8 Å². The predicted octanol–water partition coefficient (Wildman–Crippen LogP) is 3.15. The fourth-order valence-electron chi connectivity index (χ4n) is 4.00. The van der Waals surface area contributed by atoms with E-state index in [4.69, 9.17) is 21.1 Å². The number of aryl methyl sites for hydroxylation is 1. The van der Waals surface area contributed by atoms with Crippen molar-refractivity contribution in [3.8, 4) is 0 Å². The Labute approximate surface area is 192 Å². The van der Waals surface area contributed by atoms with E-state index in [0.717, 1.165) is 24.2 Å². The molecule has 1 aliphatic carbocycles. The second-order valence-corrected chi connectivity index (χ2v) is 10.4. The van der Waals surface area contributed by atoms with Crippen LogP contribution in [0.3, 0.4) is 0 Å². The molecule has 172 valence electrons. The second kappa shape index (κ2) is 8.97. The molecule has 0 spiro atoms. The summed E-state index contributed by atoms with van der Waals surface area (Å²) in [4.78, 5) is 25.3. The van der Waals surface area contributed by atoms with Gasteiger partial charge < -0.3 is 14.0 Å². The maximum atomic E-state index is 12.9. The molecule has 1 aliphatic heterocycles. The van der Waals surface area contributed by atoms with Crippen LogP contribution in [-0.4, -0.2) is 62.0 Å². The van der Waals surface area contributed by atoms with Gasteiger partial charge in [0.1, 0.15) is 0 Å². The van der Waals surface area contributed by atoms with Crippen molar-refractivity contribution in [2.24, 2.45) is 0 Å². The number of halogens is 1. The van der Waals surface area contributed by atoms with E-state index < -0.39 is 22.6 Å². The van der Waals surface area contributed by atoms with E-state index in [2.05, 4.69) is 4.57 Å². The van der Waals surface area contributed by atoms with E-state index in [1.54, 1.807) is 0 Å². The molecule has 0 unspecified atom stereocenters. The number of nitrogens with zero attached hydrogens (tertiary/aromatic N) is 2. The number of ketones is 1. The number of aromatic nitrogens is 1. The van der Waals surface area contributed by atoms with E-state index >= 15 is 0 Å². The molecule has 0 bridgehead atoms. The lowest BCUT2D eigenvalue weighted by Crippen LogP contribution is -2.40. The number of hydrogen-bond acceptors (Lipinski definition) is 6. The number of carbonyl (C=O) groups excluding carboxylic acids is 2. The van der Waals surface area contributed by atoms with Gasteiger partial charge in [-0.05, 0) is 51.0 Å². The third-order valence-electron chi connectivity index (χ3n) is 5.80. The minimum absolute atomic E-state index is 0.0512. The van der Waals surface area contributed by atoms with Crippen molar-refractivity contribution < 1.29 is 27.5 Å². The highest BCUT2D eigenvalue weighted by Gasteiger charge is 2.30. The molecule has 1 saturated heterocycles. The van der Waals surface area contributed by atoms with E-state index in [9.17, 15) is 18.0 Å². The number of Topliss-reactive ketones (excluding diaryl/α,β-unsaturated/α-hetero) is 1. The summed E-state index contributed by atoms with van der Waals surface area (Å²) >= 11 is 6.13. The van der Waals surface area contributed by atoms with E-state index in [1.807, 2.05) is 19.9 Å². The van der Waals surface area contributed by atoms with Crippen molar-refractivity contribution in [2.45, 2.75) is 37.6 Å². The number of hydrogen-bond donors (Lipinski definition) is 0. The van der Waals surface area contributed by atoms with Crippen LogP contribution in [-0.2, 0) is 19.5 Å². The van der Waals surface area contributed by atoms with Gasteiger partial charge in [0.05, 0.1) is 28.7 Å². The van der Waals surface area contributed by atoms with Crippen LogP contribution >= 0.6 is 11.6 Å². The number of sulfonamides is 1. The van der Waals surface area contributed by atoms with E-state index in [1.165, 1.54) is 22.5 Å². The van der Waals surface area contributed by atoms with Crippen LogP contribution in [0, 0.1) is 13.8 Å². The standard InChI is InChI=1S/C22H25ClN2O6S/c1-14-11-18(15(2)25(14)16-3-4-16)21(26)13-31-22(27)19-12-17(5-6-20(19)23)32(28,29)24-7-9-30-10-8-24/h5-6,11-12,16H,3-4,7-10,13H2,1-2H3. The Hall–Kier alpha value is -2.20. The van der Waals surface area contributed by atoms with Crippen molar-refractivity contribution >= 4 is 33.4 Å². The summed E-state index contributed by atoms with van der Waals surface area (Å²) in [6, 6.07) is 6.14. The zero-order chi connectivity index (χ0) is 23.0. The largest absolute Gasteiger partial charge is 0.454 e. The van der Waals surface area contributed by atoms with Crippen molar-refractivity contribution in [2.75, 3.05) is 32.9 Å². The molecule has 1 saturated carbocycles. The first kappa shape index (κ1) is 23.0. The molecule has 8 nitrogen and oxygen atoms in total. The predicted molar refractivity (Wildman–Crippen MR) is 118 cm³/mol. The highest BCUT2D eigenvalue weighted by atomic mass is 35.5. The Bertz CT molecular complexity index is 1160. The summed E-state index contributed by atoms with van der Waals surface area (Å²) in [5.74, 6) is -1.16. The van der Waals surface area contributed by atoms with Gasteiger partial charge in [0.2, 0.25) is 15.8 Å². The van der Waals surface area contributed by atoms with Gasteiger partial charge in [-0.2, -0.15) is 4.31 Å². The van der Waals surface area contributed by atoms with Gasteiger partial charge in [0, 0.05) is 36.1 Å². The van der Waals surface area contributed by atoms with Crippen LogP contribution in [0.4, 0.5) is 0 Å². The first-order valence-electron chi connectivity index (χ1n) is 10.5. The summed E-state index contributed by atoms with van der Waals surface area (Å²) in [6.07, 6.45) is 2.20.